The predicted molar refractivity (Wildman–Crippen MR) is 131 cm³/mol. The first-order chi connectivity index (χ1) is 16.9. The van der Waals surface area contributed by atoms with Gasteiger partial charge in [-0.25, -0.2) is 9.59 Å². The number of rotatable bonds is 8. The molecule has 1 atom stereocenters. The molecule has 0 heterocycles. The second-order valence-corrected chi connectivity index (χ2v) is 8.36. The molecule has 0 bridgehead atoms. The van der Waals surface area contributed by atoms with Crippen molar-refractivity contribution >= 4 is 23.7 Å². The summed E-state index contributed by atoms with van der Waals surface area (Å²) in [7, 11) is 0. The fraction of sp³-hybridized carbons (Fsp3) is 0.222. The van der Waals surface area contributed by atoms with Gasteiger partial charge in [0.2, 0.25) is 5.91 Å². The molecule has 2 amide bonds. The number of fused-ring (bicyclic) bond motifs is 3. The minimum atomic E-state index is -1.28. The molecule has 0 saturated heterocycles. The van der Waals surface area contributed by atoms with Crippen molar-refractivity contribution in [3.8, 4) is 16.9 Å². The Hall–Kier alpha value is -4.33. The molecule has 0 aliphatic heterocycles. The minimum absolute atomic E-state index is 0.0660. The predicted octanol–water partition coefficient (Wildman–Crippen LogP) is 4.74. The molecule has 0 aromatic heterocycles. The molecule has 35 heavy (non-hydrogen) atoms. The van der Waals surface area contributed by atoms with Crippen molar-refractivity contribution in [2.45, 2.75) is 31.7 Å². The van der Waals surface area contributed by atoms with Crippen molar-refractivity contribution in [2.24, 2.45) is 0 Å². The maximum atomic E-state index is 12.5. The van der Waals surface area contributed by atoms with E-state index in [0.717, 1.165) is 28.3 Å². The van der Waals surface area contributed by atoms with Crippen molar-refractivity contribution in [1.82, 2.24) is 5.32 Å². The summed E-state index contributed by atoms with van der Waals surface area (Å²) in [4.78, 5) is 36.4. The zero-order valence-corrected chi connectivity index (χ0v) is 19.2. The Balaban J connectivity index is 1.35. The average Bonchev–Trinajstić information content (AvgIpc) is 3.17. The molecule has 8 nitrogen and oxygen atoms in total. The lowest BCUT2D eigenvalue weighted by Gasteiger charge is -2.19. The van der Waals surface area contributed by atoms with Crippen molar-refractivity contribution < 1.29 is 29.3 Å². The van der Waals surface area contributed by atoms with Crippen LogP contribution in [0.3, 0.4) is 0 Å². The molecule has 0 fully saturated rings. The van der Waals surface area contributed by atoms with E-state index in [4.69, 9.17) is 4.74 Å². The molecular formula is C27H26N2O6. The molecule has 0 spiro atoms. The van der Waals surface area contributed by atoms with E-state index >= 15 is 0 Å². The maximum Gasteiger partial charge on any atom is 0.407 e. The smallest absolute Gasteiger partial charge is 0.407 e. The van der Waals surface area contributed by atoms with Crippen molar-refractivity contribution in [1.29, 1.82) is 0 Å². The van der Waals surface area contributed by atoms with E-state index in [9.17, 15) is 24.6 Å². The number of benzene rings is 3. The van der Waals surface area contributed by atoms with E-state index in [1.807, 2.05) is 43.3 Å². The summed E-state index contributed by atoms with van der Waals surface area (Å²) in [6.45, 7) is 1.99. The molecular weight excluding hydrogens is 448 g/mol. The number of carbonyl (C=O) groups is 3. The summed E-state index contributed by atoms with van der Waals surface area (Å²) in [5.74, 6) is -2.03. The third kappa shape index (κ3) is 5.27. The molecule has 0 saturated carbocycles. The summed E-state index contributed by atoms with van der Waals surface area (Å²) < 4.78 is 5.55. The van der Waals surface area contributed by atoms with Gasteiger partial charge in [-0.2, -0.15) is 0 Å². The van der Waals surface area contributed by atoms with Gasteiger partial charge in [0.15, 0.2) is 0 Å². The van der Waals surface area contributed by atoms with Crippen LogP contribution in [-0.4, -0.2) is 40.8 Å². The monoisotopic (exact) mass is 474 g/mol. The van der Waals surface area contributed by atoms with Crippen LogP contribution in [0, 0.1) is 0 Å². The topological polar surface area (TPSA) is 125 Å². The van der Waals surface area contributed by atoms with Crippen LogP contribution in [0.25, 0.3) is 11.1 Å². The number of carbonyl (C=O) groups excluding carboxylic acids is 2. The molecule has 3 aromatic rings. The van der Waals surface area contributed by atoms with Crippen molar-refractivity contribution in [3.05, 3.63) is 83.4 Å². The van der Waals surface area contributed by atoms with Crippen LogP contribution >= 0.6 is 0 Å². The van der Waals surface area contributed by atoms with Gasteiger partial charge in [-0.05, 0) is 46.9 Å². The standard InChI is InChI=1S/C27H26N2O6/c1-2-16(13-25(31)29-24-12-11-17(30)14-22(24)26(32)33)28-27(34)35-15-23-20-9-5-3-7-18(20)19-8-4-6-10-21(19)23/h3-12,14,16,23,30H,2,13,15H2,1H3,(H,28,34)(H,29,31)(H,32,33). The number of ether oxygens (including phenoxy) is 1. The zero-order chi connectivity index (χ0) is 24.9. The maximum absolute atomic E-state index is 12.5. The second kappa shape index (κ2) is 10.3. The second-order valence-electron chi connectivity index (χ2n) is 8.36. The molecule has 1 aliphatic carbocycles. The van der Waals surface area contributed by atoms with Crippen LogP contribution in [0.5, 0.6) is 5.75 Å². The fourth-order valence-corrected chi connectivity index (χ4v) is 4.35. The summed E-state index contributed by atoms with van der Waals surface area (Å²) >= 11 is 0. The van der Waals surface area contributed by atoms with Crippen LogP contribution in [0.15, 0.2) is 66.7 Å². The van der Waals surface area contributed by atoms with Gasteiger partial charge in [-0.3, -0.25) is 4.79 Å². The molecule has 4 rings (SSSR count). The van der Waals surface area contributed by atoms with Gasteiger partial charge in [-0.15, -0.1) is 0 Å². The van der Waals surface area contributed by atoms with Crippen LogP contribution < -0.4 is 10.6 Å². The largest absolute Gasteiger partial charge is 0.508 e. The normalized spacial score (nSPS) is 12.8. The SMILES string of the molecule is CCC(CC(=O)Nc1ccc(O)cc1C(=O)O)NC(=O)OCC1c2ccccc2-c2ccccc21. The first-order valence-electron chi connectivity index (χ1n) is 11.3. The highest BCUT2D eigenvalue weighted by Crippen LogP contribution is 2.44. The Morgan fingerprint density at radius 2 is 1.60 bits per heavy atom. The van der Waals surface area contributed by atoms with Crippen LogP contribution in [0.4, 0.5) is 10.5 Å². The minimum Gasteiger partial charge on any atom is -0.508 e. The van der Waals surface area contributed by atoms with Crippen LogP contribution in [-0.2, 0) is 9.53 Å². The van der Waals surface area contributed by atoms with E-state index in [2.05, 4.69) is 22.8 Å². The molecule has 1 unspecified atom stereocenters. The lowest BCUT2D eigenvalue weighted by atomic mass is 9.98. The van der Waals surface area contributed by atoms with Gasteiger partial charge in [0.25, 0.3) is 0 Å². The number of carboxylic acids is 1. The van der Waals surface area contributed by atoms with Crippen molar-refractivity contribution in [3.63, 3.8) is 0 Å². The summed E-state index contributed by atoms with van der Waals surface area (Å²) in [6, 6.07) is 19.3. The molecule has 180 valence electrons. The Bertz CT molecular complexity index is 1230. The Morgan fingerprint density at radius 3 is 2.20 bits per heavy atom. The molecule has 0 radical (unpaired) electrons. The van der Waals surface area contributed by atoms with Gasteiger partial charge in [-0.1, -0.05) is 55.5 Å². The third-order valence-corrected chi connectivity index (χ3v) is 6.10. The first-order valence-corrected chi connectivity index (χ1v) is 11.3. The van der Waals surface area contributed by atoms with E-state index in [-0.39, 0.29) is 35.9 Å². The first kappa shape index (κ1) is 23.8. The number of amides is 2. The van der Waals surface area contributed by atoms with Crippen molar-refractivity contribution in [2.75, 3.05) is 11.9 Å². The Morgan fingerprint density at radius 1 is 0.971 bits per heavy atom. The van der Waals surface area contributed by atoms with E-state index in [1.165, 1.54) is 12.1 Å². The lowest BCUT2D eigenvalue weighted by molar-refractivity contribution is -0.116. The third-order valence-electron chi connectivity index (χ3n) is 6.10. The highest BCUT2D eigenvalue weighted by Gasteiger charge is 2.29. The Labute approximate surface area is 202 Å². The van der Waals surface area contributed by atoms with Gasteiger partial charge < -0.3 is 25.6 Å². The summed E-state index contributed by atoms with van der Waals surface area (Å²) in [5.41, 5.74) is 4.32. The van der Waals surface area contributed by atoms with Gasteiger partial charge in [0.1, 0.15) is 12.4 Å². The number of hydrogen-bond donors (Lipinski definition) is 4. The van der Waals surface area contributed by atoms with Crippen LogP contribution in [0.2, 0.25) is 0 Å². The number of hydrogen-bond acceptors (Lipinski definition) is 5. The number of aromatic carboxylic acids is 1. The van der Waals surface area contributed by atoms with Crippen LogP contribution in [0.1, 0.15) is 47.2 Å². The van der Waals surface area contributed by atoms with Gasteiger partial charge in [0.05, 0.1) is 11.3 Å². The number of anilines is 1. The molecule has 8 heteroatoms. The number of nitrogens with one attached hydrogen (secondary N) is 2. The van der Waals surface area contributed by atoms with Gasteiger partial charge >= 0.3 is 12.1 Å². The van der Waals surface area contributed by atoms with E-state index in [1.54, 1.807) is 0 Å². The summed E-state index contributed by atoms with van der Waals surface area (Å²) in [5, 5.41) is 24.0. The molecule has 3 aromatic carbocycles. The highest BCUT2D eigenvalue weighted by molar-refractivity contribution is 6.01. The van der Waals surface area contributed by atoms with Gasteiger partial charge in [0, 0.05) is 18.4 Å². The number of alkyl carbamates (subject to hydrolysis) is 1. The number of phenols is 1. The fourth-order valence-electron chi connectivity index (χ4n) is 4.35. The van der Waals surface area contributed by atoms with E-state index < -0.39 is 24.0 Å². The molecule has 1 aliphatic rings. The average molecular weight is 475 g/mol. The number of phenolic OH excluding ortho intramolecular Hbond substituents is 1. The Kier molecular flexibility index (Phi) is 7.01. The number of aromatic hydroxyl groups is 1. The summed E-state index contributed by atoms with van der Waals surface area (Å²) in [6.07, 6.45) is -0.220. The van der Waals surface area contributed by atoms with E-state index in [0.29, 0.717) is 6.42 Å². The highest BCUT2D eigenvalue weighted by atomic mass is 16.5. The zero-order valence-electron chi connectivity index (χ0n) is 19.2. The molecule has 4 N–H and O–H groups in total. The quantitative estimate of drug-likeness (QED) is 0.350. The lowest BCUT2D eigenvalue weighted by Crippen LogP contribution is -2.38. The number of carboxylic acid groups (broad SMARTS) is 1.